The molecule has 35 heavy (non-hydrogen) atoms. The average molecular weight is 500 g/mol. The molecule has 0 spiro atoms. The van der Waals surface area contributed by atoms with Crippen molar-refractivity contribution in [1.82, 2.24) is 14.5 Å². The fourth-order valence-electron chi connectivity index (χ4n) is 4.36. The first-order chi connectivity index (χ1) is 17.0. The number of aromatic nitrogens is 3. The number of nitrogens with one attached hydrogen (secondary N) is 1. The summed E-state index contributed by atoms with van der Waals surface area (Å²) in [5.41, 5.74) is 7.40. The SMILES string of the molecule is Cc1ccc(Nc2cc3nc4ccccc4n(-c4ccc(Cl)c(Cl)c4)c-3c/c2=N\C2CCC2)cn1. The minimum absolute atomic E-state index is 0.344. The largest absolute Gasteiger partial charge is 0.352 e. The molecule has 1 aliphatic heterocycles. The van der Waals surface area contributed by atoms with Crippen molar-refractivity contribution < 1.29 is 0 Å². The Labute approximate surface area is 213 Å². The number of para-hydroxylation sites is 2. The standard InChI is InChI=1S/C28H23Cl2N5/c1-17-9-10-19(16-31-17)33-24-14-26-28(15-25(24)32-18-5-4-6-18)35(20-11-12-21(29)22(30)13-20)27-8-3-2-7-23(27)34-26/h2-3,7-16,18,33H,4-6H2,1H3/b32-25+. The van der Waals surface area contributed by atoms with Crippen LogP contribution < -0.4 is 10.7 Å². The van der Waals surface area contributed by atoms with Crippen LogP contribution in [0.25, 0.3) is 28.1 Å². The van der Waals surface area contributed by atoms with Gasteiger partial charge in [0.05, 0.1) is 61.4 Å². The van der Waals surface area contributed by atoms with Gasteiger partial charge in [-0.05, 0) is 80.8 Å². The van der Waals surface area contributed by atoms with Crippen LogP contribution in [-0.2, 0) is 0 Å². The van der Waals surface area contributed by atoms with Crippen LogP contribution in [0.15, 0.2) is 77.9 Å². The van der Waals surface area contributed by atoms with Crippen LogP contribution in [0.2, 0.25) is 10.0 Å². The van der Waals surface area contributed by atoms with Crippen LogP contribution in [0.5, 0.6) is 0 Å². The Hall–Kier alpha value is -3.41. The number of aryl methyl sites for hydroxylation is 1. The van der Waals surface area contributed by atoms with Gasteiger partial charge in [0.15, 0.2) is 0 Å². The summed E-state index contributed by atoms with van der Waals surface area (Å²) in [4.78, 5) is 14.5. The number of hydrogen-bond donors (Lipinski definition) is 1. The molecule has 3 aliphatic rings. The second-order valence-electron chi connectivity index (χ2n) is 8.92. The van der Waals surface area contributed by atoms with Crippen molar-refractivity contribution in [2.75, 3.05) is 5.32 Å². The quantitative estimate of drug-likeness (QED) is 0.263. The van der Waals surface area contributed by atoms with E-state index in [1.54, 1.807) is 0 Å². The van der Waals surface area contributed by atoms with E-state index in [0.29, 0.717) is 16.1 Å². The topological polar surface area (TPSA) is 55.1 Å². The molecular weight excluding hydrogens is 477 g/mol. The van der Waals surface area contributed by atoms with Gasteiger partial charge >= 0.3 is 0 Å². The van der Waals surface area contributed by atoms with E-state index in [2.05, 4.69) is 33.1 Å². The molecule has 3 aromatic rings. The van der Waals surface area contributed by atoms with E-state index >= 15 is 0 Å². The number of pyridine rings is 1. The molecule has 7 heteroatoms. The maximum atomic E-state index is 6.42. The summed E-state index contributed by atoms with van der Waals surface area (Å²) in [5, 5.41) is 5.47. The zero-order valence-electron chi connectivity index (χ0n) is 19.2. The molecular formula is C28H23Cl2N5. The highest BCUT2D eigenvalue weighted by atomic mass is 35.5. The van der Waals surface area contributed by atoms with Gasteiger partial charge in [-0.3, -0.25) is 9.98 Å². The van der Waals surface area contributed by atoms with Crippen LogP contribution >= 0.6 is 23.2 Å². The minimum Gasteiger partial charge on any atom is -0.352 e. The van der Waals surface area contributed by atoms with Gasteiger partial charge in [-0.15, -0.1) is 0 Å². The maximum absolute atomic E-state index is 6.42. The summed E-state index contributed by atoms with van der Waals surface area (Å²) < 4.78 is 2.18. The van der Waals surface area contributed by atoms with Crippen molar-refractivity contribution in [1.29, 1.82) is 0 Å². The number of benzene rings is 3. The van der Waals surface area contributed by atoms with E-state index in [1.165, 1.54) is 6.42 Å². The molecule has 2 aromatic carbocycles. The number of rotatable bonds is 4. The van der Waals surface area contributed by atoms with E-state index in [9.17, 15) is 0 Å². The molecule has 0 unspecified atom stereocenters. The van der Waals surface area contributed by atoms with Gasteiger partial charge in [0.25, 0.3) is 0 Å². The number of fused-ring (bicyclic) bond motifs is 2. The third-order valence-corrected chi connectivity index (χ3v) is 7.18. The van der Waals surface area contributed by atoms with Gasteiger partial charge < -0.3 is 9.88 Å². The lowest BCUT2D eigenvalue weighted by molar-refractivity contribution is 0.413. The van der Waals surface area contributed by atoms with Crippen LogP contribution in [0.1, 0.15) is 25.0 Å². The minimum atomic E-state index is 0.344. The number of nitrogens with zero attached hydrogens (tertiary/aromatic N) is 4. The maximum Gasteiger partial charge on any atom is 0.0900 e. The Balaban J connectivity index is 1.63. The summed E-state index contributed by atoms with van der Waals surface area (Å²) in [6, 6.07) is 22.4. The molecule has 2 heterocycles. The molecule has 1 saturated carbocycles. The smallest absolute Gasteiger partial charge is 0.0900 e. The van der Waals surface area contributed by atoms with Crippen LogP contribution in [-0.4, -0.2) is 20.6 Å². The fraction of sp³-hybridized carbons (Fsp3) is 0.179. The number of anilines is 2. The van der Waals surface area contributed by atoms with E-state index in [-0.39, 0.29) is 0 Å². The highest BCUT2D eigenvalue weighted by Gasteiger charge is 2.20. The molecule has 2 aliphatic carbocycles. The van der Waals surface area contributed by atoms with Gasteiger partial charge in [-0.1, -0.05) is 35.3 Å². The lowest BCUT2D eigenvalue weighted by Gasteiger charge is -2.23. The van der Waals surface area contributed by atoms with E-state index in [1.807, 2.05) is 61.7 Å². The molecule has 0 atom stereocenters. The second kappa shape index (κ2) is 8.99. The van der Waals surface area contributed by atoms with Crippen molar-refractivity contribution in [3.05, 3.63) is 94.0 Å². The van der Waals surface area contributed by atoms with Crippen molar-refractivity contribution in [2.45, 2.75) is 32.2 Å². The number of hydrogen-bond acceptors (Lipinski definition) is 4. The highest BCUT2D eigenvalue weighted by Crippen LogP contribution is 2.33. The predicted octanol–water partition coefficient (Wildman–Crippen LogP) is 7.34. The third-order valence-electron chi connectivity index (χ3n) is 6.45. The van der Waals surface area contributed by atoms with Crippen molar-refractivity contribution in [2.24, 2.45) is 4.99 Å². The summed E-state index contributed by atoms with van der Waals surface area (Å²) in [6.07, 6.45) is 5.30. The zero-order chi connectivity index (χ0) is 23.9. The second-order valence-corrected chi connectivity index (χ2v) is 9.73. The Morgan fingerprint density at radius 3 is 2.57 bits per heavy atom. The van der Waals surface area contributed by atoms with E-state index < -0.39 is 0 Å². The van der Waals surface area contributed by atoms with Crippen molar-refractivity contribution in [3.63, 3.8) is 0 Å². The van der Waals surface area contributed by atoms with E-state index in [4.69, 9.17) is 33.2 Å². The highest BCUT2D eigenvalue weighted by molar-refractivity contribution is 6.42. The van der Waals surface area contributed by atoms with Gasteiger partial charge in [0.1, 0.15) is 0 Å². The monoisotopic (exact) mass is 499 g/mol. The molecule has 6 rings (SSSR count). The summed E-state index contributed by atoms with van der Waals surface area (Å²) in [7, 11) is 0. The Morgan fingerprint density at radius 2 is 1.83 bits per heavy atom. The molecule has 174 valence electrons. The predicted molar refractivity (Wildman–Crippen MR) is 143 cm³/mol. The summed E-state index contributed by atoms with van der Waals surface area (Å²) in [6.45, 7) is 1.98. The van der Waals surface area contributed by atoms with E-state index in [0.717, 1.165) is 63.4 Å². The normalized spacial score (nSPS) is 14.4. The summed E-state index contributed by atoms with van der Waals surface area (Å²) in [5.74, 6) is 0. The zero-order valence-corrected chi connectivity index (χ0v) is 20.7. The van der Waals surface area contributed by atoms with Gasteiger partial charge in [0.2, 0.25) is 0 Å². The van der Waals surface area contributed by atoms with Crippen LogP contribution in [0.4, 0.5) is 11.4 Å². The van der Waals surface area contributed by atoms with Gasteiger partial charge in [-0.25, -0.2) is 4.98 Å². The molecule has 1 aromatic heterocycles. The first kappa shape index (κ1) is 22.1. The Bertz CT molecular complexity index is 1590. The molecule has 1 N–H and O–H groups in total. The summed E-state index contributed by atoms with van der Waals surface area (Å²) >= 11 is 12.7. The molecule has 0 amide bonds. The fourth-order valence-corrected chi connectivity index (χ4v) is 4.65. The molecule has 0 radical (unpaired) electrons. The number of halogens is 2. The molecule has 5 nitrogen and oxygen atoms in total. The third kappa shape index (κ3) is 4.26. The van der Waals surface area contributed by atoms with Crippen LogP contribution in [0, 0.1) is 6.92 Å². The Kier molecular flexibility index (Phi) is 5.67. The van der Waals surface area contributed by atoms with Crippen molar-refractivity contribution in [3.8, 4) is 17.1 Å². The van der Waals surface area contributed by atoms with Gasteiger partial charge in [-0.2, -0.15) is 0 Å². The lowest BCUT2D eigenvalue weighted by atomic mass is 9.94. The van der Waals surface area contributed by atoms with Crippen LogP contribution in [0.3, 0.4) is 0 Å². The molecule has 1 fully saturated rings. The molecule has 0 bridgehead atoms. The van der Waals surface area contributed by atoms with Crippen molar-refractivity contribution >= 4 is 45.6 Å². The first-order valence-corrected chi connectivity index (χ1v) is 12.5. The average Bonchev–Trinajstić information content (AvgIpc) is 2.83. The Morgan fingerprint density at radius 1 is 0.971 bits per heavy atom. The molecule has 0 saturated heterocycles. The first-order valence-electron chi connectivity index (χ1n) is 11.7. The lowest BCUT2D eigenvalue weighted by Crippen LogP contribution is -2.22. The van der Waals surface area contributed by atoms with Gasteiger partial charge in [0, 0.05) is 11.4 Å².